The highest BCUT2D eigenvalue weighted by molar-refractivity contribution is 6.70. The molecule has 0 saturated heterocycles. The Morgan fingerprint density at radius 1 is 1.21 bits per heavy atom. The number of aliphatic imine (C=N–C) groups is 2. The molecule has 4 rings (SSSR count). The number of nitrogens with zero attached hydrogens (tertiary/aromatic N) is 3. The first-order valence-corrected chi connectivity index (χ1v) is 10.6. The first-order chi connectivity index (χ1) is 13.5. The Kier molecular flexibility index (Phi) is 5.49. The number of fused-ring (bicyclic) bond motifs is 2. The van der Waals surface area contributed by atoms with Crippen molar-refractivity contribution < 1.29 is 4.79 Å². The van der Waals surface area contributed by atoms with Gasteiger partial charge >= 0.3 is 0 Å². The number of carbonyl (C=O) groups is 1. The lowest BCUT2D eigenvalue weighted by Gasteiger charge is -2.34. The number of benzene rings is 1. The lowest BCUT2D eigenvalue weighted by atomic mass is 9.84. The predicted octanol–water partition coefficient (Wildman–Crippen LogP) is 3.24. The van der Waals surface area contributed by atoms with Crippen LogP contribution >= 0.6 is 0 Å². The summed E-state index contributed by atoms with van der Waals surface area (Å²) in [7, 11) is 0. The van der Waals surface area contributed by atoms with Gasteiger partial charge in [-0.05, 0) is 62.8 Å². The zero-order chi connectivity index (χ0) is 19.7. The highest BCUT2D eigenvalue weighted by atomic mass is 16.2. The number of aryl methyl sites for hydroxylation is 2. The molecule has 28 heavy (non-hydrogen) atoms. The summed E-state index contributed by atoms with van der Waals surface area (Å²) >= 11 is 0. The summed E-state index contributed by atoms with van der Waals surface area (Å²) in [6.07, 6.45) is 6.78. The lowest BCUT2D eigenvalue weighted by Crippen LogP contribution is -2.52. The fourth-order valence-electron chi connectivity index (χ4n) is 4.52. The smallest absolute Gasteiger partial charge is 0.275 e. The molecule has 0 aromatic heterocycles. The summed E-state index contributed by atoms with van der Waals surface area (Å²) in [5.41, 5.74) is 4.75. The predicted molar refractivity (Wildman–Crippen MR) is 115 cm³/mol. The molecule has 1 amide bonds. The van der Waals surface area contributed by atoms with Gasteiger partial charge in [-0.2, -0.15) is 0 Å². The average Bonchev–Trinajstić information content (AvgIpc) is 2.70. The van der Waals surface area contributed by atoms with Crippen LogP contribution in [0.1, 0.15) is 50.2 Å². The summed E-state index contributed by atoms with van der Waals surface area (Å²) in [4.78, 5) is 23.7. The fraction of sp³-hybridized carbons (Fsp3) is 0.591. The molecule has 1 atom stereocenters. The van der Waals surface area contributed by atoms with Gasteiger partial charge < -0.3 is 15.5 Å². The highest BCUT2D eigenvalue weighted by Crippen LogP contribution is 2.36. The molecule has 6 nitrogen and oxygen atoms in total. The van der Waals surface area contributed by atoms with Gasteiger partial charge in [-0.3, -0.25) is 4.79 Å². The van der Waals surface area contributed by atoms with E-state index >= 15 is 0 Å². The molecular weight excluding hydrogens is 350 g/mol. The number of nitrogens with one attached hydrogen (secondary N) is 2. The van der Waals surface area contributed by atoms with Crippen molar-refractivity contribution in [2.24, 2.45) is 15.9 Å². The second-order valence-electron chi connectivity index (χ2n) is 8.32. The summed E-state index contributed by atoms with van der Waals surface area (Å²) in [6.45, 7) is 8.46. The number of carbonyl (C=O) groups excluding carboxylic acids is 1. The molecule has 0 radical (unpaired) electrons. The van der Waals surface area contributed by atoms with Crippen molar-refractivity contribution in [2.75, 3.05) is 24.7 Å². The number of hydrogen-bond donors (Lipinski definition) is 2. The van der Waals surface area contributed by atoms with Crippen molar-refractivity contribution in [1.29, 1.82) is 0 Å². The molecule has 1 saturated carbocycles. The monoisotopic (exact) mass is 381 g/mol. The van der Waals surface area contributed by atoms with Crippen molar-refractivity contribution in [3.05, 3.63) is 23.3 Å². The zero-order valence-corrected chi connectivity index (χ0v) is 17.2. The van der Waals surface area contributed by atoms with Crippen LogP contribution in [0.15, 0.2) is 22.1 Å². The summed E-state index contributed by atoms with van der Waals surface area (Å²) in [5, 5.41) is 6.50. The Morgan fingerprint density at radius 2 is 1.96 bits per heavy atom. The largest absolute Gasteiger partial charge is 0.331 e. The van der Waals surface area contributed by atoms with E-state index in [1.807, 2.05) is 0 Å². The molecule has 1 aliphatic carbocycles. The molecular formula is C22H31N5O. The van der Waals surface area contributed by atoms with Gasteiger partial charge in [0.2, 0.25) is 0 Å². The average molecular weight is 382 g/mol. The standard InChI is InChI=1S/C22H31N5O/c1-14-11-18-19(12-15(14)2)27(21-20(26-18)22(28)25-13-24-21)10-9-23-16(3)17-7-5-4-6-8-17/h11-12,16-17,23H,4-10,13H2,1-3H3,(H,25,28). The van der Waals surface area contributed by atoms with Gasteiger partial charge in [0.15, 0.2) is 11.5 Å². The zero-order valence-electron chi connectivity index (χ0n) is 17.2. The molecule has 0 bridgehead atoms. The van der Waals surface area contributed by atoms with Gasteiger partial charge in [0, 0.05) is 19.1 Å². The molecule has 2 heterocycles. The van der Waals surface area contributed by atoms with E-state index in [-0.39, 0.29) is 5.91 Å². The molecule has 1 aromatic rings. The third-order valence-corrected chi connectivity index (χ3v) is 6.42. The Balaban J connectivity index is 1.53. The molecule has 2 aliphatic heterocycles. The molecule has 1 fully saturated rings. The molecule has 3 aliphatic rings. The van der Waals surface area contributed by atoms with E-state index in [0.29, 0.717) is 24.3 Å². The van der Waals surface area contributed by atoms with Crippen molar-refractivity contribution in [2.45, 2.75) is 58.9 Å². The van der Waals surface area contributed by atoms with E-state index in [9.17, 15) is 4.79 Å². The first-order valence-electron chi connectivity index (χ1n) is 10.6. The molecule has 1 unspecified atom stereocenters. The molecule has 0 spiro atoms. The number of amidine groups is 1. The van der Waals surface area contributed by atoms with Gasteiger partial charge in [-0.1, -0.05) is 19.3 Å². The van der Waals surface area contributed by atoms with Crippen LogP contribution in [0.25, 0.3) is 0 Å². The van der Waals surface area contributed by atoms with Crippen LogP contribution in [0, 0.1) is 19.8 Å². The van der Waals surface area contributed by atoms with Crippen molar-refractivity contribution >= 4 is 28.8 Å². The van der Waals surface area contributed by atoms with Gasteiger partial charge in [-0.15, -0.1) is 0 Å². The van der Waals surface area contributed by atoms with E-state index in [0.717, 1.165) is 30.4 Å². The quantitative estimate of drug-likeness (QED) is 0.823. The van der Waals surface area contributed by atoms with Crippen LogP contribution in [-0.2, 0) is 4.79 Å². The number of hydrogen-bond acceptors (Lipinski definition) is 5. The maximum absolute atomic E-state index is 12.4. The van der Waals surface area contributed by atoms with Crippen LogP contribution < -0.4 is 15.5 Å². The van der Waals surface area contributed by atoms with E-state index in [1.54, 1.807) is 0 Å². The Labute approximate surface area is 167 Å². The van der Waals surface area contributed by atoms with Crippen LogP contribution in [0.5, 0.6) is 0 Å². The number of amides is 1. The van der Waals surface area contributed by atoms with E-state index in [4.69, 9.17) is 0 Å². The van der Waals surface area contributed by atoms with Crippen LogP contribution in [0.4, 0.5) is 11.4 Å². The van der Waals surface area contributed by atoms with Crippen molar-refractivity contribution in [3.8, 4) is 0 Å². The SMILES string of the molecule is Cc1cc2c(cc1C)N(CCNC(C)C1CCCCC1)C1=NCNC(=O)C1=N2. The lowest BCUT2D eigenvalue weighted by molar-refractivity contribution is -0.114. The maximum atomic E-state index is 12.4. The van der Waals surface area contributed by atoms with Gasteiger partial charge in [0.05, 0.1) is 11.4 Å². The maximum Gasteiger partial charge on any atom is 0.275 e. The number of rotatable bonds is 5. The third-order valence-electron chi connectivity index (χ3n) is 6.42. The Bertz CT molecular complexity index is 822. The number of anilines is 1. The molecule has 1 aromatic carbocycles. The fourth-order valence-corrected chi connectivity index (χ4v) is 4.52. The second kappa shape index (κ2) is 8.03. The van der Waals surface area contributed by atoms with Gasteiger partial charge in [0.25, 0.3) is 5.91 Å². The Morgan fingerprint density at radius 3 is 2.75 bits per heavy atom. The molecule has 150 valence electrons. The Hall–Kier alpha value is -2.21. The first kappa shape index (κ1) is 19.1. The minimum Gasteiger partial charge on any atom is -0.331 e. The summed E-state index contributed by atoms with van der Waals surface area (Å²) in [6, 6.07) is 4.76. The molecule has 6 heteroatoms. The van der Waals surface area contributed by atoms with Crippen LogP contribution in [0.2, 0.25) is 0 Å². The molecule has 2 N–H and O–H groups in total. The summed E-state index contributed by atoms with van der Waals surface area (Å²) < 4.78 is 0. The third kappa shape index (κ3) is 3.70. The highest BCUT2D eigenvalue weighted by Gasteiger charge is 2.33. The van der Waals surface area contributed by atoms with Crippen molar-refractivity contribution in [3.63, 3.8) is 0 Å². The van der Waals surface area contributed by atoms with E-state index in [2.05, 4.69) is 58.4 Å². The van der Waals surface area contributed by atoms with Crippen LogP contribution in [0.3, 0.4) is 0 Å². The second-order valence-corrected chi connectivity index (χ2v) is 8.32. The van der Waals surface area contributed by atoms with Gasteiger partial charge in [0.1, 0.15) is 6.67 Å². The minimum absolute atomic E-state index is 0.137. The summed E-state index contributed by atoms with van der Waals surface area (Å²) in [5.74, 6) is 1.34. The topological polar surface area (TPSA) is 69.1 Å². The van der Waals surface area contributed by atoms with E-state index in [1.165, 1.54) is 43.2 Å². The van der Waals surface area contributed by atoms with Gasteiger partial charge in [-0.25, -0.2) is 9.98 Å². The van der Waals surface area contributed by atoms with Crippen LogP contribution in [-0.4, -0.2) is 43.3 Å². The van der Waals surface area contributed by atoms with E-state index < -0.39 is 0 Å². The minimum atomic E-state index is -0.137. The normalized spacial score (nSPS) is 20.7. The van der Waals surface area contributed by atoms with Crippen molar-refractivity contribution in [1.82, 2.24) is 10.6 Å².